The predicted octanol–water partition coefficient (Wildman–Crippen LogP) is -0.324. The van der Waals surface area contributed by atoms with Crippen molar-refractivity contribution in [2.75, 3.05) is 0 Å². The van der Waals surface area contributed by atoms with E-state index in [1.807, 2.05) is 0 Å². The van der Waals surface area contributed by atoms with Crippen molar-refractivity contribution in [3.05, 3.63) is 40.6 Å². The van der Waals surface area contributed by atoms with Crippen molar-refractivity contribution in [2.24, 2.45) is 0 Å². The van der Waals surface area contributed by atoms with Crippen LogP contribution in [0.3, 0.4) is 0 Å². The molecule has 1 aliphatic heterocycles. The number of thiocarbonyl (C=S) groups is 1. The fourth-order valence-corrected chi connectivity index (χ4v) is 3.42. The number of hydrogen-bond donors (Lipinski definition) is 0. The van der Waals surface area contributed by atoms with E-state index in [9.17, 15) is 29.0 Å². The molecule has 0 unspecified atom stereocenters. The van der Waals surface area contributed by atoms with Crippen LogP contribution in [-0.2, 0) is 14.4 Å². The number of benzene rings is 1. The van der Waals surface area contributed by atoms with Gasteiger partial charge in [0.05, 0.1) is 16.9 Å². The van der Waals surface area contributed by atoms with Gasteiger partial charge in [-0.05, 0) is 36.6 Å². The van der Waals surface area contributed by atoms with Gasteiger partial charge in [-0.3, -0.25) is 9.69 Å². The number of carbonyl (C=O) groups is 3. The van der Waals surface area contributed by atoms with Crippen LogP contribution in [0.15, 0.2) is 29.2 Å². The molecule has 1 amide bonds. The van der Waals surface area contributed by atoms with Crippen LogP contribution >= 0.6 is 24.0 Å². The lowest BCUT2D eigenvalue weighted by Gasteiger charge is -2.27. The molecule has 0 spiro atoms. The van der Waals surface area contributed by atoms with Gasteiger partial charge in [0.2, 0.25) is 0 Å². The number of carboxylic acid groups (broad SMARTS) is 2. The third-order valence-corrected chi connectivity index (χ3v) is 4.53. The molecule has 1 atom stereocenters. The highest BCUT2D eigenvalue weighted by Gasteiger charge is 2.37. The minimum atomic E-state index is -1.60. The van der Waals surface area contributed by atoms with Crippen LogP contribution in [0.2, 0.25) is 0 Å². The van der Waals surface area contributed by atoms with Crippen molar-refractivity contribution >= 4 is 52.2 Å². The minimum Gasteiger partial charge on any atom is -0.550 e. The highest BCUT2D eigenvalue weighted by atomic mass is 32.2. The maximum atomic E-state index is 12.9. The topological polar surface area (TPSA) is 101 Å². The molecule has 1 aromatic carbocycles. The zero-order chi connectivity index (χ0) is 17.9. The van der Waals surface area contributed by atoms with Crippen LogP contribution in [0.4, 0.5) is 4.39 Å². The Bertz CT molecular complexity index is 732. The van der Waals surface area contributed by atoms with Gasteiger partial charge in [0.15, 0.2) is 0 Å². The highest BCUT2D eigenvalue weighted by molar-refractivity contribution is 8.26. The summed E-state index contributed by atoms with van der Waals surface area (Å²) in [6.07, 6.45) is 0.525. The fraction of sp³-hybridized carbons (Fsp3) is 0.200. The monoisotopic (exact) mass is 367 g/mol. The summed E-state index contributed by atoms with van der Waals surface area (Å²) in [5.41, 5.74) is 0.539. The van der Waals surface area contributed by atoms with Crippen LogP contribution in [0.1, 0.15) is 18.4 Å². The molecule has 0 aromatic heterocycles. The zero-order valence-corrected chi connectivity index (χ0v) is 13.7. The molecule has 0 radical (unpaired) electrons. The Hall–Kier alpha value is -2.26. The van der Waals surface area contributed by atoms with E-state index in [2.05, 4.69) is 0 Å². The lowest BCUT2D eigenvalue weighted by atomic mass is 10.1. The van der Waals surface area contributed by atoms with Crippen molar-refractivity contribution in [3.8, 4) is 0 Å². The van der Waals surface area contributed by atoms with Gasteiger partial charge in [-0.1, -0.05) is 36.1 Å². The first-order chi connectivity index (χ1) is 11.3. The zero-order valence-electron chi connectivity index (χ0n) is 12.1. The molecular formula is C15H10FNO5S2-2. The van der Waals surface area contributed by atoms with Gasteiger partial charge in [-0.25, -0.2) is 4.39 Å². The SMILES string of the molecule is O=C([O-])CC[C@H](C(=O)[O-])N1C(=O)/C(=C/c2ccc(F)cc2)SC1=S. The summed E-state index contributed by atoms with van der Waals surface area (Å²) < 4.78 is 12.9. The number of amides is 1. The Kier molecular flexibility index (Phi) is 5.68. The van der Waals surface area contributed by atoms with E-state index in [0.29, 0.717) is 5.56 Å². The van der Waals surface area contributed by atoms with Crippen LogP contribution in [-0.4, -0.2) is 33.1 Å². The Morgan fingerprint density at radius 3 is 2.46 bits per heavy atom. The van der Waals surface area contributed by atoms with Crippen molar-refractivity contribution in [3.63, 3.8) is 0 Å². The van der Waals surface area contributed by atoms with Gasteiger partial charge in [0.25, 0.3) is 5.91 Å². The summed E-state index contributed by atoms with van der Waals surface area (Å²) >= 11 is 5.90. The van der Waals surface area contributed by atoms with Crippen LogP contribution in [0.25, 0.3) is 6.08 Å². The Morgan fingerprint density at radius 2 is 1.92 bits per heavy atom. The number of carbonyl (C=O) groups excluding carboxylic acids is 3. The lowest BCUT2D eigenvalue weighted by molar-refractivity contribution is -0.311. The molecule has 1 aliphatic rings. The summed E-state index contributed by atoms with van der Waals surface area (Å²) in [4.78, 5) is 35.2. The van der Waals surface area contributed by atoms with Gasteiger partial charge in [-0.15, -0.1) is 0 Å². The standard InChI is InChI=1S/C15H12FNO5S2/c16-9-3-1-8(2-4-9)7-11-13(20)17(15(23)24-11)10(14(21)22)5-6-12(18)19/h1-4,7,10H,5-6H2,(H,18,19)(H,21,22)/p-2/b11-7-/t10-/m1/s1. The maximum Gasteiger partial charge on any atom is 0.266 e. The number of nitrogens with zero attached hydrogens (tertiary/aromatic N) is 1. The molecule has 0 N–H and O–H groups in total. The van der Waals surface area contributed by atoms with Crippen molar-refractivity contribution in [2.45, 2.75) is 18.9 Å². The van der Waals surface area contributed by atoms with Gasteiger partial charge in [0.1, 0.15) is 10.1 Å². The van der Waals surface area contributed by atoms with Crippen LogP contribution in [0.5, 0.6) is 0 Å². The lowest BCUT2D eigenvalue weighted by Crippen LogP contribution is -2.50. The predicted molar refractivity (Wildman–Crippen MR) is 84.4 cm³/mol. The summed E-state index contributed by atoms with van der Waals surface area (Å²) in [7, 11) is 0. The van der Waals surface area contributed by atoms with E-state index in [-0.39, 0.29) is 15.6 Å². The van der Waals surface area contributed by atoms with Gasteiger partial charge < -0.3 is 19.8 Å². The number of thioether (sulfide) groups is 1. The first kappa shape index (κ1) is 18.1. The molecule has 1 heterocycles. The quantitative estimate of drug-likeness (QED) is 0.501. The number of carboxylic acids is 2. The molecule has 1 fully saturated rings. The summed E-state index contributed by atoms with van der Waals surface area (Å²) in [5, 5.41) is 21.8. The Morgan fingerprint density at radius 1 is 1.29 bits per heavy atom. The van der Waals surface area contributed by atoms with E-state index in [4.69, 9.17) is 12.2 Å². The average molecular weight is 367 g/mol. The molecule has 2 rings (SSSR count). The molecule has 0 bridgehead atoms. The van der Waals surface area contributed by atoms with Gasteiger partial charge >= 0.3 is 0 Å². The summed E-state index contributed by atoms with van der Waals surface area (Å²) in [6, 6.07) is 3.85. The first-order valence-corrected chi connectivity index (χ1v) is 7.95. The molecular weight excluding hydrogens is 357 g/mol. The Balaban J connectivity index is 2.24. The average Bonchev–Trinajstić information content (AvgIpc) is 2.77. The normalized spacial score (nSPS) is 17.4. The Labute approximate surface area is 146 Å². The molecule has 1 aromatic rings. The highest BCUT2D eigenvalue weighted by Crippen LogP contribution is 2.34. The van der Waals surface area contributed by atoms with Gasteiger partial charge in [-0.2, -0.15) is 0 Å². The fourth-order valence-electron chi connectivity index (χ4n) is 2.07. The van der Waals surface area contributed by atoms with Crippen LogP contribution < -0.4 is 10.2 Å². The van der Waals surface area contributed by atoms with Crippen molar-refractivity contribution in [1.29, 1.82) is 0 Å². The van der Waals surface area contributed by atoms with E-state index in [1.54, 1.807) is 0 Å². The molecule has 9 heteroatoms. The third kappa shape index (κ3) is 4.18. The van der Waals surface area contributed by atoms with Crippen molar-refractivity contribution in [1.82, 2.24) is 4.90 Å². The molecule has 0 saturated carbocycles. The number of aliphatic carboxylic acids is 2. The molecule has 1 saturated heterocycles. The second kappa shape index (κ2) is 7.54. The second-order valence-corrected chi connectivity index (χ2v) is 6.52. The van der Waals surface area contributed by atoms with E-state index in [0.717, 1.165) is 16.7 Å². The van der Waals surface area contributed by atoms with Crippen molar-refractivity contribution < 1.29 is 29.0 Å². The van der Waals surface area contributed by atoms with E-state index >= 15 is 0 Å². The smallest absolute Gasteiger partial charge is 0.266 e. The third-order valence-electron chi connectivity index (χ3n) is 3.20. The number of hydrogen-bond acceptors (Lipinski definition) is 7. The second-order valence-electron chi connectivity index (χ2n) is 4.85. The minimum absolute atomic E-state index is 0.0130. The molecule has 0 aliphatic carbocycles. The molecule has 6 nitrogen and oxygen atoms in total. The van der Waals surface area contributed by atoms with E-state index < -0.39 is 36.1 Å². The largest absolute Gasteiger partial charge is 0.550 e. The molecule has 24 heavy (non-hydrogen) atoms. The number of rotatable bonds is 6. The van der Waals surface area contributed by atoms with Gasteiger partial charge in [0, 0.05) is 5.97 Å². The summed E-state index contributed by atoms with van der Waals surface area (Å²) in [6.45, 7) is 0. The maximum absolute atomic E-state index is 12.9. The first-order valence-electron chi connectivity index (χ1n) is 6.73. The number of halogens is 1. The molecule has 126 valence electrons. The van der Waals surface area contributed by atoms with E-state index in [1.165, 1.54) is 30.3 Å². The summed E-state index contributed by atoms with van der Waals surface area (Å²) in [5.74, 6) is -4.13. The van der Waals surface area contributed by atoms with Crippen LogP contribution in [0, 0.1) is 5.82 Å².